The van der Waals surface area contributed by atoms with Crippen molar-refractivity contribution in [1.82, 2.24) is 4.98 Å². The van der Waals surface area contributed by atoms with Gasteiger partial charge in [-0.15, -0.1) is 11.3 Å². The first-order chi connectivity index (χ1) is 9.66. The first-order valence-corrected chi connectivity index (χ1v) is 8.04. The van der Waals surface area contributed by atoms with Gasteiger partial charge in [0.2, 0.25) is 0 Å². The zero-order valence-electron chi connectivity index (χ0n) is 11.3. The lowest BCUT2D eigenvalue weighted by atomic mass is 9.94. The van der Waals surface area contributed by atoms with Crippen molar-refractivity contribution in [2.75, 3.05) is 5.32 Å². The summed E-state index contributed by atoms with van der Waals surface area (Å²) in [6.07, 6.45) is 5.32. The average Bonchev–Trinajstić information content (AvgIpc) is 2.87. The van der Waals surface area contributed by atoms with E-state index in [2.05, 4.69) is 21.7 Å². The highest BCUT2D eigenvalue weighted by molar-refractivity contribution is 7.80. The molecule has 2 heterocycles. The van der Waals surface area contributed by atoms with Crippen molar-refractivity contribution in [1.29, 1.82) is 0 Å². The maximum atomic E-state index is 5.85. The molecule has 3 nitrogen and oxygen atoms in total. The predicted octanol–water partition coefficient (Wildman–Crippen LogP) is 3.58. The van der Waals surface area contributed by atoms with Gasteiger partial charge in [-0.05, 0) is 54.8 Å². The van der Waals surface area contributed by atoms with E-state index in [1.54, 1.807) is 6.20 Å². The van der Waals surface area contributed by atoms with Crippen molar-refractivity contribution < 1.29 is 0 Å². The third-order valence-electron chi connectivity index (χ3n) is 3.77. The van der Waals surface area contributed by atoms with Gasteiger partial charge in [-0.2, -0.15) is 0 Å². The van der Waals surface area contributed by atoms with Gasteiger partial charge in [0.1, 0.15) is 10.8 Å². The van der Waals surface area contributed by atoms with Crippen molar-refractivity contribution in [2.45, 2.75) is 32.2 Å². The van der Waals surface area contributed by atoms with Crippen LogP contribution < -0.4 is 11.1 Å². The molecule has 1 aliphatic carbocycles. The van der Waals surface area contributed by atoms with Gasteiger partial charge in [-0.3, -0.25) is 0 Å². The molecule has 0 aliphatic heterocycles. The Bertz CT molecular complexity index is 648. The number of pyridine rings is 1. The van der Waals surface area contributed by atoms with Gasteiger partial charge in [0.25, 0.3) is 0 Å². The highest BCUT2D eigenvalue weighted by Gasteiger charge is 2.22. The first kappa shape index (κ1) is 13.5. The molecule has 2 aromatic rings. The van der Waals surface area contributed by atoms with Crippen molar-refractivity contribution in [2.24, 2.45) is 5.73 Å². The monoisotopic (exact) mass is 303 g/mol. The number of rotatable bonds is 3. The molecule has 3 N–H and O–H groups in total. The lowest BCUT2D eigenvalue weighted by molar-refractivity contribution is 0.607. The average molecular weight is 303 g/mol. The minimum Gasteiger partial charge on any atom is -0.389 e. The summed E-state index contributed by atoms with van der Waals surface area (Å²) in [6, 6.07) is 4.47. The lowest BCUT2D eigenvalue weighted by Gasteiger charge is -2.25. The van der Waals surface area contributed by atoms with Crippen molar-refractivity contribution in [3.63, 3.8) is 0 Å². The molecule has 2 aromatic heterocycles. The highest BCUT2D eigenvalue weighted by Crippen LogP contribution is 2.35. The number of nitrogens with two attached hydrogens (primary N) is 1. The number of nitrogens with zero attached hydrogens (tertiary/aromatic N) is 1. The van der Waals surface area contributed by atoms with E-state index in [9.17, 15) is 0 Å². The van der Waals surface area contributed by atoms with Crippen LogP contribution in [0.3, 0.4) is 0 Å². The van der Waals surface area contributed by atoms with E-state index in [4.69, 9.17) is 18.0 Å². The van der Waals surface area contributed by atoms with Crippen LogP contribution in [0.25, 0.3) is 0 Å². The third kappa shape index (κ3) is 2.43. The van der Waals surface area contributed by atoms with Crippen LogP contribution in [0.2, 0.25) is 0 Å². The van der Waals surface area contributed by atoms with Gasteiger partial charge in [0, 0.05) is 11.1 Å². The van der Waals surface area contributed by atoms with E-state index in [0.717, 1.165) is 23.4 Å². The van der Waals surface area contributed by atoms with Gasteiger partial charge in [-0.1, -0.05) is 12.2 Å². The van der Waals surface area contributed by atoms with Crippen LogP contribution in [0.5, 0.6) is 0 Å². The van der Waals surface area contributed by atoms with Crippen LogP contribution in [0.1, 0.15) is 40.5 Å². The van der Waals surface area contributed by atoms with E-state index in [1.807, 2.05) is 24.3 Å². The van der Waals surface area contributed by atoms with Gasteiger partial charge in [0.15, 0.2) is 0 Å². The van der Waals surface area contributed by atoms with Crippen molar-refractivity contribution in [3.05, 3.63) is 45.3 Å². The van der Waals surface area contributed by atoms with E-state index in [1.165, 1.54) is 23.3 Å². The van der Waals surface area contributed by atoms with Gasteiger partial charge >= 0.3 is 0 Å². The van der Waals surface area contributed by atoms with Gasteiger partial charge < -0.3 is 11.1 Å². The van der Waals surface area contributed by atoms with Gasteiger partial charge in [-0.25, -0.2) is 4.98 Å². The zero-order valence-corrected chi connectivity index (χ0v) is 13.0. The number of aryl methyl sites for hydroxylation is 2. The zero-order chi connectivity index (χ0) is 14.1. The summed E-state index contributed by atoms with van der Waals surface area (Å²) in [5, 5.41) is 5.71. The lowest BCUT2D eigenvalue weighted by Crippen LogP contribution is -2.20. The Balaban J connectivity index is 1.94. The summed E-state index contributed by atoms with van der Waals surface area (Å²) >= 11 is 7.01. The van der Waals surface area contributed by atoms with Crippen LogP contribution in [-0.2, 0) is 6.42 Å². The number of fused-ring (bicyclic) bond motifs is 1. The molecule has 3 rings (SSSR count). The molecular formula is C15H17N3S2. The summed E-state index contributed by atoms with van der Waals surface area (Å²) in [5.74, 6) is 0.807. The number of aromatic nitrogens is 1. The Morgan fingerprint density at radius 2 is 2.35 bits per heavy atom. The molecular weight excluding hydrogens is 286 g/mol. The maximum absolute atomic E-state index is 5.85. The summed E-state index contributed by atoms with van der Waals surface area (Å²) in [4.78, 5) is 6.32. The fraction of sp³-hybridized carbons (Fsp3) is 0.333. The molecule has 1 atom stereocenters. The summed E-state index contributed by atoms with van der Waals surface area (Å²) in [6.45, 7) is 2.01. The number of nitrogens with one attached hydrogen (secondary N) is 1. The van der Waals surface area contributed by atoms with Crippen LogP contribution in [-0.4, -0.2) is 9.97 Å². The number of thiocarbonyl (C=S) groups is 1. The van der Waals surface area contributed by atoms with E-state index in [-0.39, 0.29) is 0 Å². The molecule has 20 heavy (non-hydrogen) atoms. The Morgan fingerprint density at radius 3 is 3.15 bits per heavy atom. The Morgan fingerprint density at radius 1 is 1.50 bits per heavy atom. The molecule has 0 saturated heterocycles. The molecule has 0 bridgehead atoms. The smallest absolute Gasteiger partial charge is 0.136 e. The van der Waals surface area contributed by atoms with Crippen LogP contribution in [0.15, 0.2) is 23.7 Å². The molecule has 1 unspecified atom stereocenters. The molecule has 1 aliphatic rings. The van der Waals surface area contributed by atoms with E-state index in [0.29, 0.717) is 11.0 Å². The fourth-order valence-corrected chi connectivity index (χ4v) is 4.03. The summed E-state index contributed by atoms with van der Waals surface area (Å²) in [5.41, 5.74) is 9.18. The van der Waals surface area contributed by atoms with E-state index < -0.39 is 0 Å². The molecule has 5 heteroatoms. The molecule has 0 aromatic carbocycles. The fourth-order valence-electron chi connectivity index (χ4n) is 2.78. The molecule has 0 amide bonds. The largest absolute Gasteiger partial charge is 0.389 e. The standard InChI is InChI=1S/C15H17N3S2/c1-9-5-7-17-15(13(9)14(16)19)18-11-3-2-4-12-10(11)6-8-20-12/h5-8,11H,2-4H2,1H3,(H2,16,19)(H,17,18). The predicted molar refractivity (Wildman–Crippen MR) is 88.5 cm³/mol. The topological polar surface area (TPSA) is 50.9 Å². The minimum atomic E-state index is 0.312. The number of hydrogen-bond acceptors (Lipinski definition) is 4. The van der Waals surface area contributed by atoms with Crippen LogP contribution in [0.4, 0.5) is 5.82 Å². The van der Waals surface area contributed by atoms with Crippen LogP contribution >= 0.6 is 23.6 Å². The second-order valence-electron chi connectivity index (χ2n) is 5.10. The molecule has 0 saturated carbocycles. The summed E-state index contributed by atoms with van der Waals surface area (Å²) < 4.78 is 0. The molecule has 0 radical (unpaired) electrons. The quantitative estimate of drug-likeness (QED) is 0.851. The highest BCUT2D eigenvalue weighted by atomic mass is 32.1. The Labute approximate surface area is 128 Å². The first-order valence-electron chi connectivity index (χ1n) is 6.75. The second-order valence-corrected chi connectivity index (χ2v) is 6.54. The summed E-state index contributed by atoms with van der Waals surface area (Å²) in [7, 11) is 0. The van der Waals surface area contributed by atoms with Crippen molar-refractivity contribution in [3.8, 4) is 0 Å². The minimum absolute atomic E-state index is 0.312. The van der Waals surface area contributed by atoms with Crippen molar-refractivity contribution >= 4 is 34.4 Å². The molecule has 0 fully saturated rings. The van der Waals surface area contributed by atoms with Gasteiger partial charge in [0.05, 0.1) is 11.6 Å². The number of anilines is 1. The second kappa shape index (κ2) is 5.50. The molecule has 104 valence electrons. The normalized spacial score (nSPS) is 17.6. The third-order valence-corrected chi connectivity index (χ3v) is 4.97. The van der Waals surface area contributed by atoms with E-state index >= 15 is 0 Å². The Kier molecular flexibility index (Phi) is 3.72. The van der Waals surface area contributed by atoms with Crippen LogP contribution in [0, 0.1) is 6.92 Å². The number of thiophene rings is 1. The maximum Gasteiger partial charge on any atom is 0.136 e. The SMILES string of the molecule is Cc1ccnc(NC2CCCc3sccc32)c1C(N)=S. The molecule has 0 spiro atoms. The number of hydrogen-bond donors (Lipinski definition) is 2. The Hall–Kier alpha value is -1.46.